The van der Waals surface area contributed by atoms with E-state index in [1.807, 2.05) is 0 Å². The van der Waals surface area contributed by atoms with Crippen LogP contribution in [0.15, 0.2) is 12.4 Å². The molecule has 0 aliphatic rings. The second kappa shape index (κ2) is 7.87. The largest absolute Gasteiger partial charge is 0.396 e. The molecule has 0 aliphatic carbocycles. The standard InChI is InChI=1S/C13H24N4/c1-11(2)7-5-3-4-6-8-15-13-16-9-12(14)10-17-13/h9-11H,3-8,14H2,1-2H3,(H,15,16,17). The molecule has 96 valence electrons. The van der Waals surface area contributed by atoms with Crippen molar-refractivity contribution in [3.63, 3.8) is 0 Å². The average molecular weight is 236 g/mol. The van der Waals surface area contributed by atoms with Gasteiger partial charge < -0.3 is 11.1 Å². The van der Waals surface area contributed by atoms with Gasteiger partial charge >= 0.3 is 0 Å². The van der Waals surface area contributed by atoms with E-state index in [2.05, 4.69) is 29.1 Å². The molecule has 0 spiro atoms. The van der Waals surface area contributed by atoms with Crippen molar-refractivity contribution in [2.45, 2.75) is 46.0 Å². The van der Waals surface area contributed by atoms with E-state index in [1.54, 1.807) is 12.4 Å². The highest BCUT2D eigenvalue weighted by Crippen LogP contribution is 2.09. The topological polar surface area (TPSA) is 63.8 Å². The number of aromatic nitrogens is 2. The lowest BCUT2D eigenvalue weighted by molar-refractivity contribution is 0.523. The minimum atomic E-state index is 0.601. The maximum atomic E-state index is 5.51. The van der Waals surface area contributed by atoms with Crippen LogP contribution in [-0.2, 0) is 0 Å². The van der Waals surface area contributed by atoms with Crippen LogP contribution < -0.4 is 11.1 Å². The highest BCUT2D eigenvalue weighted by atomic mass is 15.1. The highest BCUT2D eigenvalue weighted by molar-refractivity contribution is 5.35. The summed E-state index contributed by atoms with van der Waals surface area (Å²) in [6.45, 7) is 5.49. The molecule has 1 heterocycles. The Balaban J connectivity index is 1.99. The van der Waals surface area contributed by atoms with Gasteiger partial charge in [-0.3, -0.25) is 0 Å². The first kappa shape index (κ1) is 13.7. The summed E-state index contributed by atoms with van der Waals surface area (Å²) in [7, 11) is 0. The van der Waals surface area contributed by atoms with E-state index in [0.717, 1.165) is 12.5 Å². The molecule has 0 saturated carbocycles. The van der Waals surface area contributed by atoms with Crippen molar-refractivity contribution in [3.8, 4) is 0 Å². The second-order valence-electron chi connectivity index (χ2n) is 4.86. The molecule has 0 saturated heterocycles. The van der Waals surface area contributed by atoms with Crippen LogP contribution in [0.5, 0.6) is 0 Å². The lowest BCUT2D eigenvalue weighted by atomic mass is 10.0. The molecular weight excluding hydrogens is 212 g/mol. The third-order valence-corrected chi connectivity index (χ3v) is 2.66. The van der Waals surface area contributed by atoms with Crippen molar-refractivity contribution in [2.75, 3.05) is 17.6 Å². The molecule has 0 fully saturated rings. The van der Waals surface area contributed by atoms with E-state index in [1.165, 1.54) is 32.1 Å². The van der Waals surface area contributed by atoms with Crippen LogP contribution in [0.4, 0.5) is 11.6 Å². The van der Waals surface area contributed by atoms with Gasteiger partial charge in [0.05, 0.1) is 18.1 Å². The first-order valence-electron chi connectivity index (χ1n) is 6.50. The van der Waals surface area contributed by atoms with E-state index in [0.29, 0.717) is 11.6 Å². The predicted octanol–water partition coefficient (Wildman–Crippen LogP) is 3.08. The Kier molecular flexibility index (Phi) is 6.37. The Morgan fingerprint density at radius 3 is 2.41 bits per heavy atom. The van der Waals surface area contributed by atoms with Crippen molar-refractivity contribution < 1.29 is 0 Å². The molecule has 1 rings (SSSR count). The summed E-state index contributed by atoms with van der Waals surface area (Å²) in [6.07, 6.45) is 9.70. The molecule has 0 unspecified atom stereocenters. The number of hydrogen-bond acceptors (Lipinski definition) is 4. The van der Waals surface area contributed by atoms with Crippen LogP contribution >= 0.6 is 0 Å². The molecule has 0 aliphatic heterocycles. The van der Waals surface area contributed by atoms with Crippen LogP contribution in [0.2, 0.25) is 0 Å². The zero-order valence-corrected chi connectivity index (χ0v) is 10.9. The SMILES string of the molecule is CC(C)CCCCCCNc1ncc(N)cn1. The fourth-order valence-electron chi connectivity index (χ4n) is 1.66. The smallest absolute Gasteiger partial charge is 0.222 e. The zero-order chi connectivity index (χ0) is 12.5. The van der Waals surface area contributed by atoms with Gasteiger partial charge in [0, 0.05) is 6.54 Å². The Bertz CT molecular complexity index is 295. The van der Waals surface area contributed by atoms with Crippen LogP contribution in [0.25, 0.3) is 0 Å². The van der Waals surface area contributed by atoms with Gasteiger partial charge in [-0.15, -0.1) is 0 Å². The van der Waals surface area contributed by atoms with Gasteiger partial charge in [-0.05, 0) is 12.3 Å². The lowest BCUT2D eigenvalue weighted by Gasteiger charge is -2.05. The van der Waals surface area contributed by atoms with E-state index in [9.17, 15) is 0 Å². The third-order valence-electron chi connectivity index (χ3n) is 2.66. The second-order valence-corrected chi connectivity index (χ2v) is 4.86. The maximum absolute atomic E-state index is 5.51. The number of anilines is 2. The molecule has 17 heavy (non-hydrogen) atoms. The number of nitrogen functional groups attached to an aromatic ring is 1. The van der Waals surface area contributed by atoms with E-state index >= 15 is 0 Å². The number of nitrogens with one attached hydrogen (secondary N) is 1. The predicted molar refractivity (Wildman–Crippen MR) is 72.9 cm³/mol. The highest BCUT2D eigenvalue weighted by Gasteiger charge is 1.96. The van der Waals surface area contributed by atoms with Gasteiger partial charge in [-0.25, -0.2) is 9.97 Å². The first-order valence-corrected chi connectivity index (χ1v) is 6.50. The summed E-state index contributed by atoms with van der Waals surface area (Å²) in [5.41, 5.74) is 6.11. The summed E-state index contributed by atoms with van der Waals surface area (Å²) in [4.78, 5) is 8.18. The summed E-state index contributed by atoms with van der Waals surface area (Å²) in [5.74, 6) is 1.50. The van der Waals surface area contributed by atoms with Crippen LogP contribution in [0.1, 0.15) is 46.0 Å². The van der Waals surface area contributed by atoms with Gasteiger partial charge in [-0.2, -0.15) is 0 Å². The molecular formula is C13H24N4. The van der Waals surface area contributed by atoms with Crippen molar-refractivity contribution in [1.82, 2.24) is 9.97 Å². The average Bonchev–Trinajstić information content (AvgIpc) is 2.30. The molecule has 3 N–H and O–H groups in total. The number of nitrogens with zero attached hydrogens (tertiary/aromatic N) is 2. The Hall–Kier alpha value is -1.32. The van der Waals surface area contributed by atoms with Gasteiger partial charge in [-0.1, -0.05) is 39.5 Å². The summed E-state index contributed by atoms with van der Waals surface area (Å²) in [6, 6.07) is 0. The number of rotatable bonds is 8. The third kappa shape index (κ3) is 6.76. The van der Waals surface area contributed by atoms with Crippen LogP contribution in [-0.4, -0.2) is 16.5 Å². The molecule has 0 aromatic carbocycles. The van der Waals surface area contributed by atoms with Gasteiger partial charge in [0.25, 0.3) is 0 Å². The molecule has 0 atom stereocenters. The summed E-state index contributed by atoms with van der Waals surface area (Å²) in [5, 5.41) is 3.19. The molecule has 0 amide bonds. The van der Waals surface area contributed by atoms with Crippen molar-refractivity contribution in [1.29, 1.82) is 0 Å². The van der Waals surface area contributed by atoms with Gasteiger partial charge in [0.1, 0.15) is 0 Å². The summed E-state index contributed by atoms with van der Waals surface area (Å²) < 4.78 is 0. The van der Waals surface area contributed by atoms with Crippen molar-refractivity contribution in [2.24, 2.45) is 5.92 Å². The fourth-order valence-corrected chi connectivity index (χ4v) is 1.66. The lowest BCUT2D eigenvalue weighted by Crippen LogP contribution is -2.05. The molecule has 4 nitrogen and oxygen atoms in total. The Labute approximate surface area is 104 Å². The van der Waals surface area contributed by atoms with E-state index in [-0.39, 0.29) is 0 Å². The summed E-state index contributed by atoms with van der Waals surface area (Å²) >= 11 is 0. The van der Waals surface area contributed by atoms with Gasteiger partial charge in [0.2, 0.25) is 5.95 Å². The molecule has 4 heteroatoms. The number of unbranched alkanes of at least 4 members (excludes halogenated alkanes) is 3. The molecule has 1 aromatic rings. The Morgan fingerprint density at radius 2 is 1.76 bits per heavy atom. The fraction of sp³-hybridized carbons (Fsp3) is 0.692. The van der Waals surface area contributed by atoms with Gasteiger partial charge in [0.15, 0.2) is 0 Å². The first-order chi connectivity index (χ1) is 8.18. The molecule has 0 radical (unpaired) electrons. The van der Waals surface area contributed by atoms with Crippen LogP contribution in [0, 0.1) is 5.92 Å². The van der Waals surface area contributed by atoms with Crippen LogP contribution in [0.3, 0.4) is 0 Å². The minimum Gasteiger partial charge on any atom is -0.396 e. The number of nitrogens with two attached hydrogens (primary N) is 1. The minimum absolute atomic E-state index is 0.601. The van der Waals surface area contributed by atoms with E-state index in [4.69, 9.17) is 5.73 Å². The quantitative estimate of drug-likeness (QED) is 0.681. The normalized spacial score (nSPS) is 10.8. The van der Waals surface area contributed by atoms with E-state index < -0.39 is 0 Å². The molecule has 1 aromatic heterocycles. The molecule has 0 bridgehead atoms. The number of hydrogen-bond donors (Lipinski definition) is 2. The zero-order valence-electron chi connectivity index (χ0n) is 10.9. The Morgan fingerprint density at radius 1 is 1.12 bits per heavy atom. The monoisotopic (exact) mass is 236 g/mol. The maximum Gasteiger partial charge on any atom is 0.222 e. The van der Waals surface area contributed by atoms with Crippen molar-refractivity contribution in [3.05, 3.63) is 12.4 Å². The van der Waals surface area contributed by atoms with Crippen molar-refractivity contribution >= 4 is 11.6 Å².